The molecule has 5 heteroatoms. The Balaban J connectivity index is 3.35. The van der Waals surface area contributed by atoms with Crippen LogP contribution < -0.4 is 0 Å². The summed E-state index contributed by atoms with van der Waals surface area (Å²) in [6.45, 7) is 3.46. The summed E-state index contributed by atoms with van der Waals surface area (Å²) >= 11 is 3.10. The van der Waals surface area contributed by atoms with Gasteiger partial charge in [-0.1, -0.05) is 47.1 Å². The highest BCUT2D eigenvalue weighted by atomic mass is 79.9. The third kappa shape index (κ3) is 2.60. The van der Waals surface area contributed by atoms with Crippen molar-refractivity contribution in [1.82, 2.24) is 0 Å². The number of hydrogen-bond acceptors (Lipinski definition) is 3. The van der Waals surface area contributed by atoms with Crippen LogP contribution >= 0.6 is 15.9 Å². The summed E-state index contributed by atoms with van der Waals surface area (Å²) < 4.78 is 22.0. The van der Waals surface area contributed by atoms with Crippen LogP contribution in [0.15, 0.2) is 24.3 Å². The zero-order chi connectivity index (χ0) is 13.3. The fourth-order valence-corrected chi connectivity index (χ4v) is 2.80. The number of alkyl halides is 1. The molecule has 1 rings (SSSR count). The van der Waals surface area contributed by atoms with E-state index in [0.717, 1.165) is 11.8 Å². The zero-order valence-electron chi connectivity index (χ0n) is 10.0. The molecular weight excluding hydrogens is 304 g/mol. The smallest absolute Gasteiger partial charge is 0.195 e. The summed E-state index contributed by atoms with van der Waals surface area (Å²) in [6, 6.07) is 6.98. The minimum absolute atomic E-state index is 0.193. The van der Waals surface area contributed by atoms with Gasteiger partial charge < -0.3 is 0 Å². The van der Waals surface area contributed by atoms with Crippen molar-refractivity contribution in [2.75, 3.05) is 6.26 Å². The van der Waals surface area contributed by atoms with E-state index < -0.39 is 19.3 Å². The number of ketones is 1. The lowest BCUT2D eigenvalue weighted by molar-refractivity contribution is 0.0975. The van der Waals surface area contributed by atoms with Gasteiger partial charge in [-0.2, -0.15) is 0 Å². The second-order valence-corrected chi connectivity index (χ2v) is 8.12. The fraction of sp³-hybridized carbons (Fsp3) is 0.417. The molecule has 0 radical (unpaired) electrons. The third-order valence-corrected chi connectivity index (χ3v) is 7.11. The Morgan fingerprint density at radius 3 is 2.29 bits per heavy atom. The molecule has 0 fully saturated rings. The van der Waals surface area contributed by atoms with Crippen molar-refractivity contribution in [2.45, 2.75) is 23.9 Å². The maximum Gasteiger partial charge on any atom is 0.195 e. The van der Waals surface area contributed by atoms with Crippen molar-refractivity contribution in [1.29, 1.82) is 0 Å². The van der Waals surface area contributed by atoms with Gasteiger partial charge in [0.15, 0.2) is 19.3 Å². The zero-order valence-corrected chi connectivity index (χ0v) is 12.4. The predicted molar refractivity (Wildman–Crippen MR) is 72.3 cm³/mol. The molecule has 0 aliphatic heterocycles. The summed E-state index contributed by atoms with van der Waals surface area (Å²) in [6.07, 6.45) is 1.26. The van der Waals surface area contributed by atoms with Gasteiger partial charge in [0.1, 0.15) is 0 Å². The topological polar surface area (TPSA) is 51.2 Å². The summed E-state index contributed by atoms with van der Waals surface area (Å²) in [4.78, 5) is 12.3. The lowest BCUT2D eigenvalue weighted by Crippen LogP contribution is -2.39. The number of benzene rings is 1. The molecule has 0 bridgehead atoms. The second kappa shape index (κ2) is 4.90. The minimum atomic E-state index is -3.51. The second-order valence-electron chi connectivity index (χ2n) is 4.00. The Kier molecular flexibility index (Phi) is 4.15. The van der Waals surface area contributed by atoms with Crippen molar-refractivity contribution in [3.63, 3.8) is 0 Å². The van der Waals surface area contributed by atoms with Crippen molar-refractivity contribution in [3.05, 3.63) is 35.4 Å². The number of carbonyl (C=O) groups excluding carboxylic acids is 1. The van der Waals surface area contributed by atoms with E-state index >= 15 is 0 Å². The predicted octanol–water partition coefficient (Wildman–Crippen LogP) is 2.72. The van der Waals surface area contributed by atoms with E-state index in [1.807, 2.05) is 6.07 Å². The number of Topliss-reactive ketones (excluding diaryl/α,β-unsaturated/α-hetero) is 1. The molecule has 0 saturated heterocycles. The minimum Gasteiger partial charge on any atom is -0.291 e. The summed E-state index contributed by atoms with van der Waals surface area (Å²) in [5.41, 5.74) is 1.22. The molecule has 1 atom stereocenters. The molecule has 0 aromatic heterocycles. The first kappa shape index (κ1) is 14.4. The fourth-order valence-electron chi connectivity index (χ4n) is 1.62. The first-order valence-electron chi connectivity index (χ1n) is 5.23. The Hall–Kier alpha value is -0.680. The first-order chi connectivity index (χ1) is 7.74. The van der Waals surface area contributed by atoms with Crippen LogP contribution in [0.3, 0.4) is 0 Å². The van der Waals surface area contributed by atoms with Crippen molar-refractivity contribution < 1.29 is 13.2 Å². The molecule has 0 amide bonds. The lowest BCUT2D eigenvalue weighted by Gasteiger charge is -2.23. The van der Waals surface area contributed by atoms with Crippen molar-refractivity contribution in [2.24, 2.45) is 0 Å². The third-order valence-electron chi connectivity index (χ3n) is 2.77. The molecule has 1 aromatic rings. The van der Waals surface area contributed by atoms with E-state index in [0.29, 0.717) is 5.56 Å². The van der Waals surface area contributed by atoms with Crippen LogP contribution in [0.4, 0.5) is 0 Å². The summed E-state index contributed by atoms with van der Waals surface area (Å²) in [7, 11) is -3.51. The highest BCUT2D eigenvalue weighted by molar-refractivity contribution is 9.12. The number of aryl methyl sites for hydroxylation is 1. The Bertz CT molecular complexity index is 536. The van der Waals surface area contributed by atoms with E-state index in [4.69, 9.17) is 0 Å². The highest BCUT2D eigenvalue weighted by Gasteiger charge is 2.44. The van der Waals surface area contributed by atoms with Crippen LogP contribution in [0, 0.1) is 6.92 Å². The quantitative estimate of drug-likeness (QED) is 0.633. The van der Waals surface area contributed by atoms with Gasteiger partial charge >= 0.3 is 0 Å². The van der Waals surface area contributed by atoms with Gasteiger partial charge in [0, 0.05) is 11.8 Å². The molecule has 0 aliphatic carbocycles. The van der Waals surface area contributed by atoms with Crippen LogP contribution in [0.2, 0.25) is 0 Å². The Morgan fingerprint density at radius 1 is 1.35 bits per heavy atom. The maximum absolute atomic E-state index is 12.3. The van der Waals surface area contributed by atoms with Crippen LogP contribution in [-0.4, -0.2) is 24.1 Å². The molecular formula is C12H15BrO3S. The van der Waals surface area contributed by atoms with Crippen LogP contribution in [0.1, 0.15) is 29.3 Å². The van der Waals surface area contributed by atoms with E-state index in [2.05, 4.69) is 15.9 Å². The van der Waals surface area contributed by atoms with E-state index in [9.17, 15) is 13.2 Å². The average Bonchev–Trinajstić information content (AvgIpc) is 2.26. The van der Waals surface area contributed by atoms with Gasteiger partial charge in [0.25, 0.3) is 0 Å². The summed E-state index contributed by atoms with van der Waals surface area (Å²) in [5, 5.41) is 0. The summed E-state index contributed by atoms with van der Waals surface area (Å²) in [5.74, 6) is -0.402. The Morgan fingerprint density at radius 2 is 1.88 bits per heavy atom. The number of rotatable bonds is 4. The van der Waals surface area contributed by atoms with Gasteiger partial charge in [0.2, 0.25) is 0 Å². The van der Waals surface area contributed by atoms with Gasteiger partial charge in [-0.25, -0.2) is 8.42 Å². The highest BCUT2D eigenvalue weighted by Crippen LogP contribution is 2.33. The molecule has 17 heavy (non-hydrogen) atoms. The number of carbonyl (C=O) groups is 1. The van der Waals surface area contributed by atoms with Gasteiger partial charge in [-0.3, -0.25) is 4.79 Å². The lowest BCUT2D eigenvalue weighted by atomic mass is 10.0. The Labute approximate surface area is 110 Å². The normalized spacial score (nSPS) is 15.3. The molecule has 0 saturated carbocycles. The largest absolute Gasteiger partial charge is 0.291 e. The van der Waals surface area contributed by atoms with Crippen LogP contribution in [-0.2, 0) is 9.84 Å². The van der Waals surface area contributed by atoms with E-state index in [1.54, 1.807) is 32.0 Å². The monoisotopic (exact) mass is 318 g/mol. The van der Waals surface area contributed by atoms with Gasteiger partial charge in [-0.05, 0) is 18.9 Å². The molecule has 3 nitrogen and oxygen atoms in total. The van der Waals surface area contributed by atoms with Crippen molar-refractivity contribution >= 4 is 31.6 Å². The number of halogens is 1. The van der Waals surface area contributed by atoms with E-state index in [1.165, 1.54) is 0 Å². The molecule has 0 N–H and O–H groups in total. The van der Waals surface area contributed by atoms with Crippen molar-refractivity contribution in [3.8, 4) is 0 Å². The van der Waals surface area contributed by atoms with E-state index in [-0.39, 0.29) is 6.42 Å². The standard InChI is InChI=1S/C12H15BrO3S/c1-4-12(13,17(3,15)16)11(14)10-8-6-5-7-9(10)2/h5-8H,4H2,1-3H3/t12-/m1/s1. The molecule has 0 unspecified atom stereocenters. The number of sulfone groups is 1. The molecule has 0 spiro atoms. The SMILES string of the molecule is CC[C@](Br)(C(=O)c1ccccc1C)S(C)(=O)=O. The molecule has 1 aromatic carbocycles. The molecule has 94 valence electrons. The van der Waals surface area contributed by atoms with Gasteiger partial charge in [0.05, 0.1) is 0 Å². The number of hydrogen-bond donors (Lipinski definition) is 0. The maximum atomic E-state index is 12.3. The molecule has 0 aliphatic rings. The van der Waals surface area contributed by atoms with Crippen LogP contribution in [0.5, 0.6) is 0 Å². The first-order valence-corrected chi connectivity index (χ1v) is 7.91. The average molecular weight is 319 g/mol. The van der Waals surface area contributed by atoms with Gasteiger partial charge in [-0.15, -0.1) is 0 Å². The van der Waals surface area contributed by atoms with Crippen LogP contribution in [0.25, 0.3) is 0 Å². The molecule has 0 heterocycles.